The maximum atomic E-state index is 12.7. The van der Waals surface area contributed by atoms with Crippen LogP contribution in [-0.4, -0.2) is 43.0 Å². The zero-order valence-corrected chi connectivity index (χ0v) is 23.0. The van der Waals surface area contributed by atoms with E-state index in [4.69, 9.17) is 31.7 Å². The van der Waals surface area contributed by atoms with Gasteiger partial charge in [0.1, 0.15) is 17.6 Å². The second-order valence-corrected chi connectivity index (χ2v) is 9.12. The molecule has 2 aromatic carbocycles. The molecule has 10 nitrogen and oxygen atoms in total. The normalized spacial score (nSPS) is 14.9. The van der Waals surface area contributed by atoms with Crippen molar-refractivity contribution in [3.63, 3.8) is 0 Å². The quantitative estimate of drug-likeness (QED) is 0.119. The van der Waals surface area contributed by atoms with Crippen LogP contribution in [0.1, 0.15) is 31.0 Å². The van der Waals surface area contributed by atoms with Crippen LogP contribution in [0.3, 0.4) is 0 Å². The van der Waals surface area contributed by atoms with Crippen molar-refractivity contribution in [2.45, 2.75) is 19.9 Å². The number of nitriles is 1. The van der Waals surface area contributed by atoms with Crippen LogP contribution in [-0.2, 0) is 14.3 Å². The molecule has 2 aromatic rings. The molecule has 0 spiro atoms. The third kappa shape index (κ3) is 7.64. The van der Waals surface area contributed by atoms with Gasteiger partial charge in [0.05, 0.1) is 28.0 Å². The molecule has 0 bridgehead atoms. The third-order valence-corrected chi connectivity index (χ3v) is 6.07. The first-order valence-electron chi connectivity index (χ1n) is 11.1. The summed E-state index contributed by atoms with van der Waals surface area (Å²) in [6, 6.07) is 13.6. The average Bonchev–Trinajstić information content (AvgIpc) is 2.87. The van der Waals surface area contributed by atoms with Gasteiger partial charge in [0.15, 0.2) is 18.3 Å². The monoisotopic (exact) mass is 633 g/mol. The van der Waals surface area contributed by atoms with Crippen LogP contribution in [0.25, 0.3) is 0 Å². The van der Waals surface area contributed by atoms with Gasteiger partial charge in [-0.25, -0.2) is 10.2 Å². The third-order valence-electron chi connectivity index (χ3n) is 5.00. The summed E-state index contributed by atoms with van der Waals surface area (Å²) in [4.78, 5) is 25.0. The number of hydrazone groups is 1. The highest BCUT2D eigenvalue weighted by Crippen LogP contribution is 2.33. The number of thiocarbonyl (C=S) groups is 1. The van der Waals surface area contributed by atoms with E-state index in [1.165, 1.54) is 6.21 Å². The Balaban J connectivity index is 1.66. The Morgan fingerprint density at radius 3 is 2.76 bits per heavy atom. The summed E-state index contributed by atoms with van der Waals surface area (Å²) in [6.45, 7) is 3.36. The molecule has 0 aliphatic carbocycles. The Bertz CT molecular complexity index is 1290. The zero-order chi connectivity index (χ0) is 26.8. The van der Waals surface area contributed by atoms with Crippen LogP contribution in [0, 0.1) is 14.9 Å². The number of allylic oxidation sites excluding steroid dienone is 1. The number of rotatable bonds is 10. The van der Waals surface area contributed by atoms with Crippen molar-refractivity contribution in [1.82, 2.24) is 16.1 Å². The zero-order valence-electron chi connectivity index (χ0n) is 20.0. The number of carbonyl (C=O) groups is 2. The molecule has 1 atom stereocenters. The lowest BCUT2D eigenvalue weighted by atomic mass is 9.95. The molecule has 0 saturated heterocycles. The molecule has 0 aromatic heterocycles. The van der Waals surface area contributed by atoms with E-state index in [0.29, 0.717) is 33.4 Å². The van der Waals surface area contributed by atoms with Crippen molar-refractivity contribution in [2.75, 3.05) is 19.8 Å². The molecule has 3 rings (SSSR count). The van der Waals surface area contributed by atoms with E-state index in [0.717, 1.165) is 9.13 Å². The predicted molar refractivity (Wildman–Crippen MR) is 149 cm³/mol. The highest BCUT2D eigenvalue weighted by molar-refractivity contribution is 14.1. The number of ether oxygens (including phenoxy) is 3. The Morgan fingerprint density at radius 2 is 2.03 bits per heavy atom. The first kappa shape index (κ1) is 27.9. The van der Waals surface area contributed by atoms with Crippen molar-refractivity contribution in [3.05, 3.63) is 68.4 Å². The number of carbonyl (C=O) groups excluding carboxylic acids is 2. The second kappa shape index (κ2) is 13.6. The van der Waals surface area contributed by atoms with Gasteiger partial charge in [-0.3, -0.25) is 4.79 Å². The number of hydrogen-bond acceptors (Lipinski definition) is 8. The van der Waals surface area contributed by atoms with Crippen molar-refractivity contribution in [1.29, 1.82) is 5.26 Å². The number of halogens is 1. The molecule has 192 valence electrons. The van der Waals surface area contributed by atoms with Crippen LogP contribution in [0.5, 0.6) is 11.5 Å². The van der Waals surface area contributed by atoms with Gasteiger partial charge in [-0.15, -0.1) is 0 Å². The summed E-state index contributed by atoms with van der Waals surface area (Å²) in [5.74, 6) is 0.0473. The fourth-order valence-corrected chi connectivity index (χ4v) is 4.40. The van der Waals surface area contributed by atoms with E-state index >= 15 is 0 Å². The topological polar surface area (TPSA) is 134 Å². The molecule has 1 aliphatic rings. The summed E-state index contributed by atoms with van der Waals surface area (Å²) in [6.07, 6.45) is 1.49. The molecular formula is C25H24IN5O5S. The van der Waals surface area contributed by atoms with Crippen LogP contribution in [0.15, 0.2) is 58.8 Å². The van der Waals surface area contributed by atoms with Crippen LogP contribution in [0.2, 0.25) is 0 Å². The minimum atomic E-state index is -0.618. The molecule has 1 amide bonds. The summed E-state index contributed by atoms with van der Waals surface area (Å²) >= 11 is 7.38. The molecular weight excluding hydrogens is 609 g/mol. The molecule has 1 aliphatic heterocycles. The number of amides is 1. The number of nitrogens with one attached hydrogen (secondary N) is 3. The Morgan fingerprint density at radius 1 is 1.24 bits per heavy atom. The van der Waals surface area contributed by atoms with Gasteiger partial charge < -0.3 is 24.8 Å². The van der Waals surface area contributed by atoms with Crippen molar-refractivity contribution in [3.8, 4) is 17.6 Å². The van der Waals surface area contributed by atoms with Gasteiger partial charge in [-0.1, -0.05) is 18.2 Å². The number of para-hydroxylation sites is 1. The molecule has 0 unspecified atom stereocenters. The largest absolute Gasteiger partial charge is 0.483 e. The molecule has 0 radical (unpaired) electrons. The fraction of sp³-hybridized carbons (Fsp3) is 0.240. The van der Waals surface area contributed by atoms with Gasteiger partial charge in [0.2, 0.25) is 0 Å². The van der Waals surface area contributed by atoms with E-state index in [-0.39, 0.29) is 19.8 Å². The van der Waals surface area contributed by atoms with E-state index in [2.05, 4.69) is 43.8 Å². The molecule has 3 N–H and O–H groups in total. The number of benzene rings is 2. The Hall–Kier alpha value is -3.70. The Kier molecular flexibility index (Phi) is 10.2. The van der Waals surface area contributed by atoms with Crippen LogP contribution in [0.4, 0.5) is 0 Å². The van der Waals surface area contributed by atoms with Gasteiger partial charge in [-0.2, -0.15) is 10.4 Å². The Labute approximate surface area is 233 Å². The smallest absolute Gasteiger partial charge is 0.338 e. The standard InChI is InChI=1S/C25H24IN5O5S/c1-3-34-24(33)22-15(2)29-25(37)30-23(22)17-6-4-5-7-19(17)36-14-21(32)31-28-13-16-8-9-20(18(26)12-16)35-11-10-27/h4-9,12-13,23H,3,11,14H2,1-2H3,(H,31,32)(H2,29,30,37)/t23-/m1/s1. The van der Waals surface area contributed by atoms with Crippen molar-refractivity contribution >= 4 is 58.0 Å². The van der Waals surface area contributed by atoms with E-state index in [1.807, 2.05) is 12.1 Å². The SMILES string of the molecule is CCOC(=O)C1=C(C)NC(=S)N[C@@H]1c1ccccc1OCC(=O)NN=Cc1ccc(OCC#N)c(I)c1. The lowest BCUT2D eigenvalue weighted by molar-refractivity contribution is -0.139. The van der Waals surface area contributed by atoms with Crippen molar-refractivity contribution in [2.24, 2.45) is 5.10 Å². The van der Waals surface area contributed by atoms with Crippen LogP contribution >= 0.6 is 34.8 Å². The summed E-state index contributed by atoms with van der Waals surface area (Å²) in [5.41, 5.74) is 4.74. The van der Waals surface area contributed by atoms with Crippen LogP contribution < -0.4 is 25.5 Å². The van der Waals surface area contributed by atoms with Gasteiger partial charge >= 0.3 is 5.97 Å². The maximum absolute atomic E-state index is 12.7. The second-order valence-electron chi connectivity index (χ2n) is 7.55. The molecule has 1 heterocycles. The molecule has 0 fully saturated rings. The minimum absolute atomic E-state index is 0.0387. The number of esters is 1. The highest BCUT2D eigenvalue weighted by atomic mass is 127. The summed E-state index contributed by atoms with van der Waals surface area (Å²) in [7, 11) is 0. The number of hydrogen-bond donors (Lipinski definition) is 3. The molecule has 37 heavy (non-hydrogen) atoms. The minimum Gasteiger partial charge on any atom is -0.483 e. The molecule has 0 saturated carbocycles. The lowest BCUT2D eigenvalue weighted by Gasteiger charge is -2.30. The van der Waals surface area contributed by atoms with Gasteiger partial charge in [0.25, 0.3) is 5.91 Å². The van der Waals surface area contributed by atoms with Crippen molar-refractivity contribution < 1.29 is 23.8 Å². The van der Waals surface area contributed by atoms with E-state index in [1.54, 1.807) is 50.2 Å². The summed E-state index contributed by atoms with van der Waals surface area (Å²) in [5, 5.41) is 19.0. The van der Waals surface area contributed by atoms with Gasteiger partial charge in [0, 0.05) is 11.3 Å². The summed E-state index contributed by atoms with van der Waals surface area (Å²) < 4.78 is 17.1. The lowest BCUT2D eigenvalue weighted by Crippen LogP contribution is -2.45. The average molecular weight is 633 g/mol. The van der Waals surface area contributed by atoms with E-state index in [9.17, 15) is 9.59 Å². The van der Waals surface area contributed by atoms with E-state index < -0.39 is 17.9 Å². The number of nitrogens with zero attached hydrogens (tertiary/aromatic N) is 2. The first-order chi connectivity index (χ1) is 17.8. The van der Waals surface area contributed by atoms with Gasteiger partial charge in [-0.05, 0) is 78.5 Å². The fourth-order valence-electron chi connectivity index (χ4n) is 3.44. The highest BCUT2D eigenvalue weighted by Gasteiger charge is 2.32. The first-order valence-corrected chi connectivity index (χ1v) is 12.6. The molecule has 12 heteroatoms. The predicted octanol–water partition coefficient (Wildman–Crippen LogP) is 3.08. The maximum Gasteiger partial charge on any atom is 0.338 e.